The Kier molecular flexibility index (Phi) is 3.03. The molecule has 16 heavy (non-hydrogen) atoms. The third-order valence-corrected chi connectivity index (χ3v) is 4.20. The molecule has 1 saturated heterocycles. The lowest BCUT2D eigenvalue weighted by molar-refractivity contribution is 0.256. The average Bonchev–Trinajstić information content (AvgIpc) is 2.66. The number of aromatic nitrogens is 2. The maximum absolute atomic E-state index is 11.3. The number of rotatable bonds is 2. The van der Waals surface area contributed by atoms with E-state index in [0.717, 1.165) is 19.5 Å². The van der Waals surface area contributed by atoms with Gasteiger partial charge in [-0.25, -0.2) is 8.42 Å². The first-order valence-corrected chi connectivity index (χ1v) is 7.32. The minimum atomic E-state index is -3.14. The minimum Gasteiger partial charge on any atom is -0.315 e. The van der Waals surface area contributed by atoms with Crippen molar-refractivity contribution >= 4 is 9.84 Å². The van der Waals surface area contributed by atoms with Crippen molar-refractivity contribution in [2.75, 3.05) is 19.3 Å². The SMILES string of the molecule is CC1CCNCC1n1cc(S(C)(=O)=O)cn1. The van der Waals surface area contributed by atoms with Gasteiger partial charge in [-0.2, -0.15) is 5.10 Å². The van der Waals surface area contributed by atoms with Gasteiger partial charge in [-0.05, 0) is 18.9 Å². The highest BCUT2D eigenvalue weighted by Crippen LogP contribution is 2.23. The Hall–Kier alpha value is -0.880. The van der Waals surface area contributed by atoms with E-state index >= 15 is 0 Å². The third kappa shape index (κ3) is 2.27. The topological polar surface area (TPSA) is 64.0 Å². The second-order valence-electron chi connectivity index (χ2n) is 4.47. The van der Waals surface area contributed by atoms with E-state index in [9.17, 15) is 8.42 Å². The highest BCUT2D eigenvalue weighted by Gasteiger charge is 2.24. The number of piperidine rings is 1. The zero-order chi connectivity index (χ0) is 11.8. The van der Waals surface area contributed by atoms with E-state index in [2.05, 4.69) is 17.3 Å². The summed E-state index contributed by atoms with van der Waals surface area (Å²) in [5.41, 5.74) is 0. The van der Waals surface area contributed by atoms with E-state index < -0.39 is 9.84 Å². The van der Waals surface area contributed by atoms with Crippen LogP contribution in [0.4, 0.5) is 0 Å². The monoisotopic (exact) mass is 243 g/mol. The highest BCUT2D eigenvalue weighted by molar-refractivity contribution is 7.90. The van der Waals surface area contributed by atoms with Gasteiger partial charge in [0.05, 0.1) is 12.2 Å². The molecule has 0 aromatic carbocycles. The van der Waals surface area contributed by atoms with Crippen molar-refractivity contribution in [3.8, 4) is 0 Å². The van der Waals surface area contributed by atoms with Crippen LogP contribution in [-0.4, -0.2) is 37.5 Å². The molecule has 5 nitrogen and oxygen atoms in total. The molecule has 2 rings (SSSR count). The van der Waals surface area contributed by atoms with E-state index in [1.807, 2.05) is 0 Å². The Morgan fingerprint density at radius 2 is 2.31 bits per heavy atom. The van der Waals surface area contributed by atoms with E-state index in [-0.39, 0.29) is 6.04 Å². The summed E-state index contributed by atoms with van der Waals surface area (Å²) < 4.78 is 24.5. The molecule has 0 radical (unpaired) electrons. The van der Waals surface area contributed by atoms with Gasteiger partial charge in [0.2, 0.25) is 0 Å². The highest BCUT2D eigenvalue weighted by atomic mass is 32.2. The molecule has 90 valence electrons. The van der Waals surface area contributed by atoms with Crippen molar-refractivity contribution in [1.29, 1.82) is 0 Å². The molecule has 1 aliphatic heterocycles. The molecule has 0 spiro atoms. The molecule has 2 heterocycles. The minimum absolute atomic E-state index is 0.254. The maximum Gasteiger partial charge on any atom is 0.178 e. The van der Waals surface area contributed by atoms with Gasteiger partial charge >= 0.3 is 0 Å². The van der Waals surface area contributed by atoms with Gasteiger partial charge in [-0.1, -0.05) is 6.92 Å². The van der Waals surface area contributed by atoms with Crippen molar-refractivity contribution < 1.29 is 8.42 Å². The predicted octanol–water partition coefficient (Wildman–Crippen LogP) is 0.457. The first-order valence-electron chi connectivity index (χ1n) is 5.43. The number of sulfone groups is 1. The largest absolute Gasteiger partial charge is 0.315 e. The van der Waals surface area contributed by atoms with Crippen LogP contribution in [0, 0.1) is 5.92 Å². The summed E-state index contributed by atoms with van der Waals surface area (Å²) in [4.78, 5) is 0.297. The van der Waals surface area contributed by atoms with Gasteiger partial charge in [-0.15, -0.1) is 0 Å². The van der Waals surface area contributed by atoms with Crippen molar-refractivity contribution in [2.45, 2.75) is 24.3 Å². The number of hydrogen-bond acceptors (Lipinski definition) is 4. The number of hydrogen-bond donors (Lipinski definition) is 1. The van der Waals surface area contributed by atoms with Crippen LogP contribution in [0.1, 0.15) is 19.4 Å². The Balaban J connectivity index is 2.24. The predicted molar refractivity (Wildman–Crippen MR) is 61.0 cm³/mol. The Bertz CT molecular complexity index is 466. The fourth-order valence-electron chi connectivity index (χ4n) is 2.02. The van der Waals surface area contributed by atoms with Crippen LogP contribution < -0.4 is 5.32 Å². The zero-order valence-corrected chi connectivity index (χ0v) is 10.4. The maximum atomic E-state index is 11.3. The molecule has 1 aromatic heterocycles. The van der Waals surface area contributed by atoms with Gasteiger partial charge in [0.15, 0.2) is 9.84 Å². The third-order valence-electron chi connectivity index (χ3n) is 3.13. The van der Waals surface area contributed by atoms with Crippen LogP contribution in [0.2, 0.25) is 0 Å². The van der Waals surface area contributed by atoms with Gasteiger partial charge in [0, 0.05) is 19.0 Å². The molecule has 0 aliphatic carbocycles. The second kappa shape index (κ2) is 4.18. The lowest BCUT2D eigenvalue weighted by atomic mass is 9.95. The summed E-state index contributed by atoms with van der Waals surface area (Å²) in [6.45, 7) is 4.05. The summed E-state index contributed by atoms with van der Waals surface area (Å²) >= 11 is 0. The standard InChI is InChI=1S/C10H17N3O2S/c1-8-3-4-11-6-10(8)13-7-9(5-12-13)16(2,14)15/h5,7-8,10-11H,3-4,6H2,1-2H3. The Morgan fingerprint density at radius 3 is 2.88 bits per heavy atom. The number of nitrogens with zero attached hydrogens (tertiary/aromatic N) is 2. The quantitative estimate of drug-likeness (QED) is 0.819. The Morgan fingerprint density at radius 1 is 1.56 bits per heavy atom. The van der Waals surface area contributed by atoms with Gasteiger partial charge < -0.3 is 5.32 Å². The average molecular weight is 243 g/mol. The second-order valence-corrected chi connectivity index (χ2v) is 6.48. The summed E-state index contributed by atoms with van der Waals surface area (Å²) in [5, 5.41) is 7.46. The molecule has 1 N–H and O–H groups in total. The zero-order valence-electron chi connectivity index (χ0n) is 9.55. The van der Waals surface area contributed by atoms with Crippen molar-refractivity contribution in [1.82, 2.24) is 15.1 Å². The van der Waals surface area contributed by atoms with Crippen molar-refractivity contribution in [2.24, 2.45) is 5.92 Å². The molecular formula is C10H17N3O2S. The Labute approximate surface area is 95.8 Å². The van der Waals surface area contributed by atoms with Crippen molar-refractivity contribution in [3.63, 3.8) is 0 Å². The normalized spacial score (nSPS) is 26.9. The fraction of sp³-hybridized carbons (Fsp3) is 0.700. The smallest absolute Gasteiger partial charge is 0.178 e. The molecule has 6 heteroatoms. The van der Waals surface area contributed by atoms with Gasteiger partial charge in [-0.3, -0.25) is 4.68 Å². The first-order chi connectivity index (χ1) is 7.48. The van der Waals surface area contributed by atoms with Crippen LogP contribution in [0.5, 0.6) is 0 Å². The van der Waals surface area contributed by atoms with Gasteiger partial charge in [0.25, 0.3) is 0 Å². The molecule has 0 bridgehead atoms. The summed E-state index contributed by atoms with van der Waals surface area (Å²) in [6.07, 6.45) is 5.36. The molecule has 2 atom stereocenters. The summed E-state index contributed by atoms with van der Waals surface area (Å²) in [6, 6.07) is 0.254. The molecule has 0 saturated carbocycles. The summed E-state index contributed by atoms with van der Waals surface area (Å²) in [5.74, 6) is 0.522. The van der Waals surface area contributed by atoms with Crippen LogP contribution >= 0.6 is 0 Å². The van der Waals surface area contributed by atoms with Gasteiger partial charge in [0.1, 0.15) is 4.90 Å². The van der Waals surface area contributed by atoms with Crippen LogP contribution in [0.15, 0.2) is 17.3 Å². The fourth-order valence-corrected chi connectivity index (χ4v) is 2.56. The molecule has 1 fully saturated rings. The van der Waals surface area contributed by atoms with Crippen LogP contribution in [0.25, 0.3) is 0 Å². The molecule has 2 unspecified atom stereocenters. The molecule has 1 aromatic rings. The lowest BCUT2D eigenvalue weighted by Crippen LogP contribution is -2.37. The first kappa shape index (κ1) is 11.6. The van der Waals surface area contributed by atoms with Crippen molar-refractivity contribution in [3.05, 3.63) is 12.4 Å². The van der Waals surface area contributed by atoms with E-state index in [1.165, 1.54) is 12.5 Å². The van der Waals surface area contributed by atoms with Crippen LogP contribution in [0.3, 0.4) is 0 Å². The molecular weight excluding hydrogens is 226 g/mol. The number of nitrogens with one attached hydrogen (secondary N) is 1. The van der Waals surface area contributed by atoms with Crippen LogP contribution in [-0.2, 0) is 9.84 Å². The molecule has 0 amide bonds. The molecule has 1 aliphatic rings. The van der Waals surface area contributed by atoms with E-state index in [4.69, 9.17) is 0 Å². The lowest BCUT2D eigenvalue weighted by Gasteiger charge is -2.29. The van der Waals surface area contributed by atoms with E-state index in [0.29, 0.717) is 10.8 Å². The van der Waals surface area contributed by atoms with E-state index in [1.54, 1.807) is 10.9 Å². The summed E-state index contributed by atoms with van der Waals surface area (Å²) in [7, 11) is -3.14.